The predicted molar refractivity (Wildman–Crippen MR) is 112 cm³/mol. The summed E-state index contributed by atoms with van der Waals surface area (Å²) in [5.74, 6) is -1.64. The van der Waals surface area contributed by atoms with E-state index in [1.165, 1.54) is 0 Å². The molecule has 0 bridgehead atoms. The summed E-state index contributed by atoms with van der Waals surface area (Å²) in [6.07, 6.45) is -5.24. The van der Waals surface area contributed by atoms with Crippen LogP contribution in [0.2, 0.25) is 0 Å². The first-order valence-electron chi connectivity index (χ1n) is 10.1. The molecule has 0 aliphatic carbocycles. The Morgan fingerprint density at radius 1 is 1.13 bits per heavy atom. The third-order valence-corrected chi connectivity index (χ3v) is 4.66. The van der Waals surface area contributed by atoms with Gasteiger partial charge in [0.25, 0.3) is 0 Å². The molecule has 0 radical (unpaired) electrons. The topological polar surface area (TPSA) is 117 Å². The van der Waals surface area contributed by atoms with Gasteiger partial charge in [0.1, 0.15) is 11.9 Å². The highest BCUT2D eigenvalue weighted by atomic mass is 16.7. The third-order valence-electron chi connectivity index (χ3n) is 4.66. The van der Waals surface area contributed by atoms with Crippen molar-refractivity contribution in [1.82, 2.24) is 0 Å². The van der Waals surface area contributed by atoms with Crippen molar-refractivity contribution in [2.24, 2.45) is 5.92 Å². The molecule has 5 atom stereocenters. The Balaban J connectivity index is 2.29. The van der Waals surface area contributed by atoms with Crippen molar-refractivity contribution in [2.75, 3.05) is 5.32 Å². The first-order chi connectivity index (χ1) is 13.7. The number of hydrogen-bond donors (Lipinski definition) is 4. The highest BCUT2D eigenvalue weighted by molar-refractivity contribution is 5.73. The van der Waals surface area contributed by atoms with Crippen LogP contribution in [0, 0.1) is 5.92 Å². The van der Waals surface area contributed by atoms with E-state index in [0.29, 0.717) is 18.0 Å². The van der Waals surface area contributed by atoms with Crippen molar-refractivity contribution < 1.29 is 34.3 Å². The molecule has 0 spiro atoms. The van der Waals surface area contributed by atoms with Crippen molar-refractivity contribution in [3.05, 3.63) is 23.8 Å². The molecule has 1 heterocycles. The fourth-order valence-electron chi connectivity index (χ4n) is 3.03. The molecule has 1 aromatic carbocycles. The van der Waals surface area contributed by atoms with Crippen LogP contribution in [0.4, 0.5) is 5.69 Å². The molecule has 1 saturated heterocycles. The van der Waals surface area contributed by atoms with E-state index in [-0.39, 0.29) is 11.1 Å². The molecule has 1 fully saturated rings. The van der Waals surface area contributed by atoms with E-state index < -0.39 is 36.5 Å². The van der Waals surface area contributed by atoms with Gasteiger partial charge in [0.2, 0.25) is 6.29 Å². The van der Waals surface area contributed by atoms with Crippen LogP contribution in [0.3, 0.4) is 0 Å². The number of hydrogen-bond acceptors (Lipinski definition) is 7. The van der Waals surface area contributed by atoms with E-state index >= 15 is 0 Å². The van der Waals surface area contributed by atoms with Crippen molar-refractivity contribution in [3.63, 3.8) is 0 Å². The van der Waals surface area contributed by atoms with Crippen LogP contribution in [-0.2, 0) is 20.9 Å². The van der Waals surface area contributed by atoms with Crippen molar-refractivity contribution in [2.45, 2.75) is 90.8 Å². The molecule has 0 saturated carbocycles. The van der Waals surface area contributed by atoms with Gasteiger partial charge in [-0.25, -0.2) is 4.79 Å². The maximum Gasteiger partial charge on any atom is 0.335 e. The molecule has 2 rings (SSSR count). The summed E-state index contributed by atoms with van der Waals surface area (Å²) < 4.78 is 17.1. The predicted octanol–water partition coefficient (Wildman–Crippen LogP) is 2.76. The molecule has 170 valence electrons. The fraction of sp³-hybridized carbons (Fsp3) is 0.682. The fourth-order valence-corrected chi connectivity index (χ4v) is 3.03. The van der Waals surface area contributed by atoms with E-state index in [1.807, 2.05) is 53.7 Å². The molecule has 8 heteroatoms. The number of aliphatic hydroxyl groups excluding tert-OH is 2. The lowest BCUT2D eigenvalue weighted by Crippen LogP contribution is -2.57. The number of anilines is 1. The molecular weight excluding hydrogens is 390 g/mol. The summed E-state index contributed by atoms with van der Waals surface area (Å²) in [6, 6.07) is 5.47. The monoisotopic (exact) mass is 425 g/mol. The Kier molecular flexibility index (Phi) is 7.40. The first kappa shape index (κ1) is 24.4. The van der Waals surface area contributed by atoms with Crippen LogP contribution in [0.25, 0.3) is 0 Å². The summed E-state index contributed by atoms with van der Waals surface area (Å²) in [5.41, 5.74) is 1.04. The molecule has 0 amide bonds. The molecule has 5 unspecified atom stereocenters. The number of aliphatic carboxylic acids is 1. The number of carboxylic acid groups (broad SMARTS) is 1. The summed E-state index contributed by atoms with van der Waals surface area (Å²) in [5, 5.41) is 33.2. The molecule has 1 aliphatic rings. The lowest BCUT2D eigenvalue weighted by Gasteiger charge is -2.39. The second kappa shape index (κ2) is 9.09. The van der Waals surface area contributed by atoms with Gasteiger partial charge in [-0.05, 0) is 59.2 Å². The van der Waals surface area contributed by atoms with Gasteiger partial charge in [0.15, 0.2) is 6.10 Å². The summed E-state index contributed by atoms with van der Waals surface area (Å²) in [6.45, 7) is 13.9. The van der Waals surface area contributed by atoms with Crippen LogP contribution in [0.15, 0.2) is 18.2 Å². The second-order valence-corrected chi connectivity index (χ2v) is 9.83. The summed E-state index contributed by atoms with van der Waals surface area (Å²) >= 11 is 0. The molecule has 4 N–H and O–H groups in total. The Bertz CT molecular complexity index is 738. The van der Waals surface area contributed by atoms with Crippen LogP contribution in [0.1, 0.15) is 54.0 Å². The van der Waals surface area contributed by atoms with Gasteiger partial charge < -0.3 is 34.8 Å². The van der Waals surface area contributed by atoms with Gasteiger partial charge in [-0.3, -0.25) is 0 Å². The summed E-state index contributed by atoms with van der Waals surface area (Å²) in [4.78, 5) is 11.4. The lowest BCUT2D eigenvalue weighted by atomic mass is 9.90. The molecule has 0 aromatic heterocycles. The highest BCUT2D eigenvalue weighted by Crippen LogP contribution is 2.34. The zero-order valence-electron chi connectivity index (χ0n) is 18.8. The van der Waals surface area contributed by atoms with E-state index in [9.17, 15) is 20.1 Å². The lowest BCUT2D eigenvalue weighted by molar-refractivity contribution is -0.255. The van der Waals surface area contributed by atoms with E-state index in [2.05, 4.69) is 5.32 Å². The normalized spacial score (nSPS) is 27.6. The van der Waals surface area contributed by atoms with Gasteiger partial charge in [-0.1, -0.05) is 13.0 Å². The number of ether oxygens (including phenoxy) is 3. The maximum atomic E-state index is 11.4. The third kappa shape index (κ3) is 6.57. The molecule has 30 heavy (non-hydrogen) atoms. The SMILES string of the molecule is CC1C(O)C(Oc2ccc(COC(C)(C)C)cc2NC(C)(C)C)OC(C(=O)O)C1O. The summed E-state index contributed by atoms with van der Waals surface area (Å²) in [7, 11) is 0. The van der Waals surface area contributed by atoms with Crippen molar-refractivity contribution in [1.29, 1.82) is 0 Å². The van der Waals surface area contributed by atoms with Crippen molar-refractivity contribution in [3.8, 4) is 5.75 Å². The average molecular weight is 426 g/mol. The Labute approximate surface area is 178 Å². The van der Waals surface area contributed by atoms with Crippen LogP contribution in [-0.4, -0.2) is 57.0 Å². The second-order valence-electron chi connectivity index (χ2n) is 9.83. The van der Waals surface area contributed by atoms with Crippen LogP contribution < -0.4 is 10.1 Å². The molecule has 8 nitrogen and oxygen atoms in total. The quantitative estimate of drug-likeness (QED) is 0.550. The standard InChI is InChI=1S/C22H35NO7/c1-12-16(24)18(19(26)27)30-20(17(12)25)29-15-9-8-13(11-28-22(5,6)7)10-14(15)23-21(2,3)4/h8-10,12,16-18,20,23-25H,11H2,1-7H3,(H,26,27). The zero-order chi connectivity index (χ0) is 22.9. The number of rotatable bonds is 6. The Morgan fingerprint density at radius 2 is 1.77 bits per heavy atom. The minimum atomic E-state index is -1.48. The van der Waals surface area contributed by atoms with Gasteiger partial charge >= 0.3 is 5.97 Å². The number of benzene rings is 1. The van der Waals surface area contributed by atoms with Crippen molar-refractivity contribution >= 4 is 11.7 Å². The zero-order valence-corrected chi connectivity index (χ0v) is 18.8. The highest BCUT2D eigenvalue weighted by Gasteiger charge is 2.46. The number of carboxylic acids is 1. The van der Waals surface area contributed by atoms with Crippen LogP contribution >= 0.6 is 0 Å². The number of carbonyl (C=O) groups is 1. The smallest absolute Gasteiger partial charge is 0.335 e. The number of aliphatic hydroxyl groups is 2. The van der Waals surface area contributed by atoms with E-state index in [1.54, 1.807) is 13.0 Å². The minimum absolute atomic E-state index is 0.277. The Hall–Kier alpha value is -1.87. The first-order valence-corrected chi connectivity index (χ1v) is 10.1. The molecular formula is C22H35NO7. The van der Waals surface area contributed by atoms with Gasteiger partial charge in [0, 0.05) is 11.5 Å². The maximum absolute atomic E-state index is 11.4. The number of nitrogens with one attached hydrogen (secondary N) is 1. The Morgan fingerprint density at radius 3 is 2.30 bits per heavy atom. The molecule has 1 aliphatic heterocycles. The van der Waals surface area contributed by atoms with Gasteiger partial charge in [0.05, 0.1) is 24.0 Å². The van der Waals surface area contributed by atoms with E-state index in [4.69, 9.17) is 14.2 Å². The van der Waals surface area contributed by atoms with E-state index in [0.717, 1.165) is 5.56 Å². The largest absolute Gasteiger partial charge is 0.479 e. The molecule has 1 aromatic rings. The average Bonchev–Trinajstić information content (AvgIpc) is 2.59. The van der Waals surface area contributed by atoms with Gasteiger partial charge in [-0.2, -0.15) is 0 Å². The van der Waals surface area contributed by atoms with Crippen LogP contribution in [0.5, 0.6) is 5.75 Å². The van der Waals surface area contributed by atoms with Gasteiger partial charge in [-0.15, -0.1) is 0 Å². The minimum Gasteiger partial charge on any atom is -0.479 e.